The van der Waals surface area contributed by atoms with Crippen molar-refractivity contribution in [2.24, 2.45) is 5.92 Å². The van der Waals surface area contributed by atoms with Gasteiger partial charge in [-0.25, -0.2) is 0 Å². The lowest BCUT2D eigenvalue weighted by molar-refractivity contribution is 0.191. The van der Waals surface area contributed by atoms with Crippen LogP contribution in [0.2, 0.25) is 0 Å². The maximum Gasteiger partial charge on any atom is 0.0587 e. The number of hydrogen-bond acceptors (Lipinski definition) is 3. The summed E-state index contributed by atoms with van der Waals surface area (Å²) < 4.78 is 10.3. The molecule has 82 valence electrons. The maximum absolute atomic E-state index is 5.32. The van der Waals surface area contributed by atoms with Gasteiger partial charge in [-0.3, -0.25) is 0 Å². The van der Waals surface area contributed by atoms with Gasteiger partial charge >= 0.3 is 0 Å². The summed E-state index contributed by atoms with van der Waals surface area (Å²) in [6, 6.07) is 0. The van der Waals surface area contributed by atoms with Crippen LogP contribution in [0.1, 0.15) is 13.3 Å². The molecule has 0 bridgehead atoms. The summed E-state index contributed by atoms with van der Waals surface area (Å²) in [5.41, 5.74) is 1.40. The standard InChI is InChI=1S/C11H21NO2/c1-10(8-12-4-6-13-2)7-11-3-5-14-9-11/h7,11-12H,3-6,8-9H2,1-2H3/b10-7+. The van der Waals surface area contributed by atoms with Crippen LogP contribution in [0.15, 0.2) is 11.6 Å². The van der Waals surface area contributed by atoms with Crippen LogP contribution < -0.4 is 5.32 Å². The number of nitrogens with one attached hydrogen (secondary N) is 1. The van der Waals surface area contributed by atoms with Gasteiger partial charge in [0.2, 0.25) is 0 Å². The van der Waals surface area contributed by atoms with E-state index in [0.717, 1.165) is 32.9 Å². The zero-order chi connectivity index (χ0) is 10.2. The molecule has 0 aromatic heterocycles. The lowest BCUT2D eigenvalue weighted by Crippen LogP contribution is -2.21. The van der Waals surface area contributed by atoms with E-state index < -0.39 is 0 Å². The van der Waals surface area contributed by atoms with Crippen LogP contribution in [0.3, 0.4) is 0 Å². The van der Waals surface area contributed by atoms with Crippen LogP contribution in [-0.4, -0.2) is 40.0 Å². The molecule has 1 aliphatic rings. The summed E-state index contributed by atoms with van der Waals surface area (Å²) in [6.07, 6.45) is 3.50. The SMILES string of the molecule is COCCNC/C(C)=C/C1CCOC1. The molecule has 1 atom stereocenters. The Hall–Kier alpha value is -0.380. The first-order chi connectivity index (χ1) is 6.83. The monoisotopic (exact) mass is 199 g/mol. The van der Waals surface area contributed by atoms with Crippen LogP contribution in [0, 0.1) is 5.92 Å². The molecule has 1 saturated heterocycles. The second kappa shape index (κ2) is 6.98. The summed E-state index contributed by atoms with van der Waals surface area (Å²) >= 11 is 0. The smallest absolute Gasteiger partial charge is 0.0587 e. The minimum Gasteiger partial charge on any atom is -0.383 e. The van der Waals surface area contributed by atoms with Gasteiger partial charge < -0.3 is 14.8 Å². The largest absolute Gasteiger partial charge is 0.383 e. The Labute approximate surface area is 86.5 Å². The van der Waals surface area contributed by atoms with Crippen molar-refractivity contribution in [1.82, 2.24) is 5.32 Å². The van der Waals surface area contributed by atoms with Gasteiger partial charge in [-0.2, -0.15) is 0 Å². The Morgan fingerprint density at radius 3 is 3.14 bits per heavy atom. The molecule has 3 heteroatoms. The van der Waals surface area contributed by atoms with E-state index >= 15 is 0 Å². The van der Waals surface area contributed by atoms with E-state index in [1.807, 2.05) is 0 Å². The summed E-state index contributed by atoms with van der Waals surface area (Å²) in [7, 11) is 1.72. The predicted octanol–water partition coefficient (Wildman–Crippen LogP) is 1.21. The number of rotatable bonds is 6. The molecule has 0 saturated carbocycles. The predicted molar refractivity (Wildman–Crippen MR) is 57.4 cm³/mol. The molecule has 0 spiro atoms. The second-order valence-corrected chi connectivity index (χ2v) is 3.81. The van der Waals surface area contributed by atoms with Crippen LogP contribution in [0.5, 0.6) is 0 Å². The molecule has 1 rings (SSSR count). The fourth-order valence-corrected chi connectivity index (χ4v) is 1.61. The first kappa shape index (κ1) is 11.7. The third-order valence-electron chi connectivity index (χ3n) is 2.37. The highest BCUT2D eigenvalue weighted by atomic mass is 16.5. The molecule has 1 unspecified atom stereocenters. The molecule has 3 nitrogen and oxygen atoms in total. The molecule has 14 heavy (non-hydrogen) atoms. The Morgan fingerprint density at radius 1 is 1.64 bits per heavy atom. The van der Waals surface area contributed by atoms with Gasteiger partial charge in [0.05, 0.1) is 13.2 Å². The lowest BCUT2D eigenvalue weighted by atomic mass is 10.1. The lowest BCUT2D eigenvalue weighted by Gasteiger charge is -2.06. The van der Waals surface area contributed by atoms with E-state index in [1.165, 1.54) is 12.0 Å². The van der Waals surface area contributed by atoms with Crippen molar-refractivity contribution in [3.63, 3.8) is 0 Å². The van der Waals surface area contributed by atoms with Gasteiger partial charge in [0, 0.05) is 32.7 Å². The minimum absolute atomic E-state index is 0.638. The van der Waals surface area contributed by atoms with Crippen molar-refractivity contribution in [2.75, 3.05) is 40.0 Å². The first-order valence-corrected chi connectivity index (χ1v) is 5.27. The number of hydrogen-bond donors (Lipinski definition) is 1. The Bertz CT molecular complexity index is 174. The van der Waals surface area contributed by atoms with Gasteiger partial charge in [-0.15, -0.1) is 0 Å². The van der Waals surface area contributed by atoms with Crippen molar-refractivity contribution in [3.05, 3.63) is 11.6 Å². The highest BCUT2D eigenvalue weighted by molar-refractivity contribution is 5.03. The summed E-state index contributed by atoms with van der Waals surface area (Å²) in [6.45, 7) is 6.64. The zero-order valence-electron chi connectivity index (χ0n) is 9.21. The highest BCUT2D eigenvalue weighted by Gasteiger charge is 2.12. The molecule has 1 aliphatic heterocycles. The third-order valence-corrected chi connectivity index (χ3v) is 2.37. The van der Waals surface area contributed by atoms with Crippen LogP contribution in [0.4, 0.5) is 0 Å². The van der Waals surface area contributed by atoms with E-state index in [2.05, 4.69) is 18.3 Å². The second-order valence-electron chi connectivity index (χ2n) is 3.81. The highest BCUT2D eigenvalue weighted by Crippen LogP contribution is 2.15. The van der Waals surface area contributed by atoms with Crippen LogP contribution in [-0.2, 0) is 9.47 Å². The summed E-state index contributed by atoms with van der Waals surface area (Å²) in [5.74, 6) is 0.638. The molecule has 1 fully saturated rings. The van der Waals surface area contributed by atoms with Crippen molar-refractivity contribution < 1.29 is 9.47 Å². The molecule has 0 aromatic carbocycles. The minimum atomic E-state index is 0.638. The quantitative estimate of drug-likeness (QED) is 0.515. The van der Waals surface area contributed by atoms with Gasteiger partial charge in [-0.05, 0) is 13.3 Å². The molecule has 0 radical (unpaired) electrons. The maximum atomic E-state index is 5.32. The molecule has 0 aromatic rings. The van der Waals surface area contributed by atoms with E-state index in [4.69, 9.17) is 9.47 Å². The van der Waals surface area contributed by atoms with Gasteiger partial charge in [0.25, 0.3) is 0 Å². The van der Waals surface area contributed by atoms with Gasteiger partial charge in [-0.1, -0.05) is 11.6 Å². The fraction of sp³-hybridized carbons (Fsp3) is 0.818. The summed E-state index contributed by atoms with van der Waals surface area (Å²) in [5, 5.41) is 3.33. The van der Waals surface area contributed by atoms with E-state index in [9.17, 15) is 0 Å². The van der Waals surface area contributed by atoms with Crippen molar-refractivity contribution >= 4 is 0 Å². The first-order valence-electron chi connectivity index (χ1n) is 5.27. The Balaban J connectivity index is 2.09. The summed E-state index contributed by atoms with van der Waals surface area (Å²) in [4.78, 5) is 0. The van der Waals surface area contributed by atoms with E-state index in [1.54, 1.807) is 7.11 Å². The van der Waals surface area contributed by atoms with Crippen molar-refractivity contribution in [2.45, 2.75) is 13.3 Å². The Kier molecular flexibility index (Phi) is 5.83. The number of methoxy groups -OCH3 is 1. The van der Waals surface area contributed by atoms with Gasteiger partial charge in [0.1, 0.15) is 0 Å². The topological polar surface area (TPSA) is 30.5 Å². The van der Waals surface area contributed by atoms with Crippen LogP contribution in [0.25, 0.3) is 0 Å². The normalized spacial score (nSPS) is 23.0. The molecular weight excluding hydrogens is 178 g/mol. The molecule has 0 amide bonds. The van der Waals surface area contributed by atoms with E-state index in [-0.39, 0.29) is 0 Å². The number of ether oxygens (including phenoxy) is 2. The average molecular weight is 199 g/mol. The molecule has 1 N–H and O–H groups in total. The zero-order valence-corrected chi connectivity index (χ0v) is 9.21. The van der Waals surface area contributed by atoms with E-state index in [0.29, 0.717) is 5.92 Å². The van der Waals surface area contributed by atoms with Crippen molar-refractivity contribution in [1.29, 1.82) is 0 Å². The van der Waals surface area contributed by atoms with Gasteiger partial charge in [0.15, 0.2) is 0 Å². The molecule has 0 aliphatic carbocycles. The fourth-order valence-electron chi connectivity index (χ4n) is 1.61. The third kappa shape index (κ3) is 4.74. The molecule has 1 heterocycles. The van der Waals surface area contributed by atoms with Crippen molar-refractivity contribution in [3.8, 4) is 0 Å². The average Bonchev–Trinajstić information content (AvgIpc) is 2.65. The molecular formula is C11H21NO2. The Morgan fingerprint density at radius 2 is 2.50 bits per heavy atom. The van der Waals surface area contributed by atoms with Crippen LogP contribution >= 0.6 is 0 Å².